The van der Waals surface area contributed by atoms with Crippen LogP contribution in [0.15, 0.2) is 52.7 Å². The molecule has 2 N–H and O–H groups in total. The van der Waals surface area contributed by atoms with Crippen LogP contribution in [0.4, 0.5) is 5.69 Å². The van der Waals surface area contributed by atoms with Crippen molar-refractivity contribution in [3.8, 4) is 17.0 Å². The van der Waals surface area contributed by atoms with Crippen molar-refractivity contribution in [2.24, 2.45) is 0 Å². The van der Waals surface area contributed by atoms with E-state index in [1.54, 1.807) is 23.5 Å². The number of nitrogens with one attached hydrogen (secondary N) is 2. The zero-order valence-corrected chi connectivity index (χ0v) is 20.3. The third kappa shape index (κ3) is 5.61. The molecular formula is C24H27N3O4S2. The molecule has 9 heteroatoms. The van der Waals surface area contributed by atoms with Gasteiger partial charge in [0.25, 0.3) is 5.91 Å². The van der Waals surface area contributed by atoms with Crippen molar-refractivity contribution in [2.75, 3.05) is 12.4 Å². The molecule has 1 saturated carbocycles. The second-order valence-electron chi connectivity index (χ2n) is 8.11. The summed E-state index contributed by atoms with van der Waals surface area (Å²) in [4.78, 5) is 17.4. The Kier molecular flexibility index (Phi) is 7.11. The molecule has 33 heavy (non-hydrogen) atoms. The molecule has 1 amide bonds. The van der Waals surface area contributed by atoms with E-state index in [1.165, 1.54) is 19.2 Å². The molecule has 1 aromatic heterocycles. The van der Waals surface area contributed by atoms with Crippen LogP contribution < -0.4 is 14.8 Å². The number of sulfonamides is 1. The summed E-state index contributed by atoms with van der Waals surface area (Å²) in [5, 5.41) is 5.79. The summed E-state index contributed by atoms with van der Waals surface area (Å²) in [5.41, 5.74) is 2.57. The molecule has 174 valence electrons. The van der Waals surface area contributed by atoms with Gasteiger partial charge in [-0.25, -0.2) is 18.1 Å². The second-order valence-corrected chi connectivity index (χ2v) is 10.9. The minimum absolute atomic E-state index is 0.0325. The topological polar surface area (TPSA) is 97.4 Å². The van der Waals surface area contributed by atoms with Crippen LogP contribution in [-0.4, -0.2) is 32.5 Å². The van der Waals surface area contributed by atoms with Crippen molar-refractivity contribution >= 4 is 33.0 Å². The van der Waals surface area contributed by atoms with E-state index in [0.29, 0.717) is 5.69 Å². The highest BCUT2D eigenvalue weighted by Crippen LogP contribution is 2.28. The Balaban J connectivity index is 1.56. The van der Waals surface area contributed by atoms with E-state index in [1.807, 2.05) is 30.5 Å². The third-order valence-electron chi connectivity index (χ3n) is 5.68. The number of ether oxygens (including phenoxy) is 1. The molecule has 1 aliphatic rings. The summed E-state index contributed by atoms with van der Waals surface area (Å²) in [6.45, 7) is 1.94. The van der Waals surface area contributed by atoms with E-state index in [2.05, 4.69) is 15.0 Å². The van der Waals surface area contributed by atoms with E-state index in [4.69, 9.17) is 4.74 Å². The number of amides is 1. The predicted octanol–water partition coefficient (Wildman–Crippen LogP) is 4.99. The number of thiazole rings is 1. The van der Waals surface area contributed by atoms with E-state index < -0.39 is 15.9 Å². The average molecular weight is 486 g/mol. The Morgan fingerprint density at radius 3 is 2.61 bits per heavy atom. The van der Waals surface area contributed by atoms with Gasteiger partial charge in [0.15, 0.2) is 0 Å². The van der Waals surface area contributed by atoms with Crippen molar-refractivity contribution < 1.29 is 17.9 Å². The monoisotopic (exact) mass is 485 g/mol. The number of hydrogen-bond donors (Lipinski definition) is 2. The molecule has 4 rings (SSSR count). The molecule has 1 heterocycles. The van der Waals surface area contributed by atoms with E-state index in [-0.39, 0.29) is 22.3 Å². The molecular weight excluding hydrogens is 458 g/mol. The molecule has 0 radical (unpaired) electrons. The highest BCUT2D eigenvalue weighted by atomic mass is 32.2. The number of carbonyl (C=O) groups excluding carboxylic acids is 1. The van der Waals surface area contributed by atoms with Gasteiger partial charge in [0.2, 0.25) is 10.0 Å². The lowest BCUT2D eigenvalue weighted by molar-refractivity contribution is 0.102. The molecule has 0 atom stereocenters. The largest absolute Gasteiger partial charge is 0.495 e. The fourth-order valence-corrected chi connectivity index (χ4v) is 6.11. The Bertz CT molecular complexity index is 1250. The van der Waals surface area contributed by atoms with Gasteiger partial charge in [-0.15, -0.1) is 11.3 Å². The lowest BCUT2D eigenvalue weighted by Gasteiger charge is -2.23. The molecule has 3 aromatic rings. The van der Waals surface area contributed by atoms with E-state index >= 15 is 0 Å². The maximum absolute atomic E-state index is 13.1. The molecule has 0 saturated heterocycles. The van der Waals surface area contributed by atoms with Gasteiger partial charge in [-0.2, -0.15) is 0 Å². The molecule has 1 aliphatic carbocycles. The number of nitrogens with zero attached hydrogens (tertiary/aromatic N) is 1. The van der Waals surface area contributed by atoms with Gasteiger partial charge in [0.05, 0.1) is 17.8 Å². The fourth-order valence-electron chi connectivity index (χ4n) is 3.99. The van der Waals surface area contributed by atoms with Gasteiger partial charge < -0.3 is 10.1 Å². The van der Waals surface area contributed by atoms with Crippen LogP contribution in [-0.2, 0) is 10.0 Å². The summed E-state index contributed by atoms with van der Waals surface area (Å²) >= 11 is 1.56. The number of rotatable bonds is 7. The number of aryl methyl sites for hydroxylation is 1. The van der Waals surface area contributed by atoms with Gasteiger partial charge in [-0.3, -0.25) is 4.79 Å². The summed E-state index contributed by atoms with van der Waals surface area (Å²) in [6.07, 6.45) is 4.77. The Morgan fingerprint density at radius 1 is 1.12 bits per heavy atom. The second kappa shape index (κ2) is 10.0. The van der Waals surface area contributed by atoms with Crippen LogP contribution in [0.5, 0.6) is 5.75 Å². The first-order chi connectivity index (χ1) is 15.9. The van der Waals surface area contributed by atoms with Crippen LogP contribution in [0.25, 0.3) is 11.3 Å². The van der Waals surface area contributed by atoms with Gasteiger partial charge in [0, 0.05) is 28.2 Å². The predicted molar refractivity (Wildman–Crippen MR) is 130 cm³/mol. The van der Waals surface area contributed by atoms with Crippen LogP contribution in [0, 0.1) is 6.92 Å². The molecule has 0 aliphatic heterocycles. The van der Waals surface area contributed by atoms with Gasteiger partial charge in [-0.1, -0.05) is 31.4 Å². The zero-order valence-electron chi connectivity index (χ0n) is 18.6. The lowest BCUT2D eigenvalue weighted by Crippen LogP contribution is -2.36. The first-order valence-corrected chi connectivity index (χ1v) is 13.3. The number of benzene rings is 2. The van der Waals surface area contributed by atoms with E-state index in [0.717, 1.165) is 48.4 Å². The Hall–Kier alpha value is -2.75. The van der Waals surface area contributed by atoms with Crippen molar-refractivity contribution in [1.82, 2.24) is 9.71 Å². The first kappa shape index (κ1) is 23.4. The van der Waals surface area contributed by atoms with E-state index in [9.17, 15) is 13.2 Å². The minimum Gasteiger partial charge on any atom is -0.495 e. The molecule has 0 bridgehead atoms. The van der Waals surface area contributed by atoms with Gasteiger partial charge in [-0.05, 0) is 50.1 Å². The summed E-state index contributed by atoms with van der Waals surface area (Å²) in [6, 6.07) is 11.7. The fraction of sp³-hybridized carbons (Fsp3) is 0.333. The number of methoxy groups -OCH3 is 1. The molecule has 0 unspecified atom stereocenters. The molecule has 2 aromatic carbocycles. The first-order valence-electron chi connectivity index (χ1n) is 10.9. The maximum atomic E-state index is 13.1. The standard InChI is InChI=1S/C24H27N3O4S2/c1-16-25-21(15-32-16)17-7-6-10-20(13-17)26-24(28)18-11-12-22(31-2)23(14-18)33(29,30)27-19-8-4-3-5-9-19/h6-7,10-15,19,27H,3-5,8-9H2,1-2H3,(H,26,28). The van der Waals surface area contributed by atoms with Crippen LogP contribution >= 0.6 is 11.3 Å². The summed E-state index contributed by atoms with van der Waals surface area (Å²) < 4.78 is 34.2. The SMILES string of the molecule is COc1ccc(C(=O)Nc2cccc(-c3csc(C)n3)c2)cc1S(=O)(=O)NC1CCCCC1. The number of aromatic nitrogens is 1. The number of hydrogen-bond acceptors (Lipinski definition) is 6. The van der Waals surface area contributed by atoms with Crippen molar-refractivity contribution in [2.45, 2.75) is 50.0 Å². The normalized spacial score (nSPS) is 14.7. The smallest absolute Gasteiger partial charge is 0.255 e. The minimum atomic E-state index is -3.83. The average Bonchev–Trinajstić information content (AvgIpc) is 3.25. The number of carbonyl (C=O) groups is 1. The summed E-state index contributed by atoms with van der Waals surface area (Å²) in [5.74, 6) is -0.200. The third-order valence-corrected chi connectivity index (χ3v) is 7.99. The van der Waals surface area contributed by atoms with Crippen molar-refractivity contribution in [3.63, 3.8) is 0 Å². The van der Waals surface area contributed by atoms with Crippen LogP contribution in [0.3, 0.4) is 0 Å². The van der Waals surface area contributed by atoms with Crippen LogP contribution in [0.1, 0.15) is 47.5 Å². The zero-order chi connectivity index (χ0) is 23.4. The Labute approximate surface area is 198 Å². The summed E-state index contributed by atoms with van der Waals surface area (Å²) in [7, 11) is -2.42. The molecule has 7 nitrogen and oxygen atoms in total. The Morgan fingerprint density at radius 2 is 1.91 bits per heavy atom. The highest BCUT2D eigenvalue weighted by molar-refractivity contribution is 7.89. The maximum Gasteiger partial charge on any atom is 0.255 e. The van der Waals surface area contributed by atoms with Gasteiger partial charge in [0.1, 0.15) is 10.6 Å². The lowest BCUT2D eigenvalue weighted by atomic mass is 9.96. The van der Waals surface area contributed by atoms with Crippen molar-refractivity contribution in [1.29, 1.82) is 0 Å². The van der Waals surface area contributed by atoms with Crippen molar-refractivity contribution in [3.05, 3.63) is 58.4 Å². The highest BCUT2D eigenvalue weighted by Gasteiger charge is 2.26. The quantitative estimate of drug-likeness (QED) is 0.491. The number of anilines is 1. The molecule has 1 fully saturated rings. The van der Waals surface area contributed by atoms with Gasteiger partial charge >= 0.3 is 0 Å². The van der Waals surface area contributed by atoms with Crippen LogP contribution in [0.2, 0.25) is 0 Å². The molecule has 0 spiro atoms.